The molecule has 0 aliphatic rings. The van der Waals surface area contributed by atoms with Gasteiger partial charge < -0.3 is 18.9 Å². The molecule has 102 valence electrons. The Hall–Kier alpha value is -0.870. The van der Waals surface area contributed by atoms with Gasteiger partial charge in [-0.05, 0) is 31.5 Å². The predicted molar refractivity (Wildman–Crippen MR) is 68.8 cm³/mol. The van der Waals surface area contributed by atoms with Crippen LogP contribution in [0.15, 0.2) is 24.3 Å². The maximum atomic E-state index is 12.4. The van der Waals surface area contributed by atoms with Crippen LogP contribution in [-0.2, 0) is 13.6 Å². The number of aliphatic hydroxyl groups excluding tert-OH is 1. The highest BCUT2D eigenvalue weighted by Gasteiger charge is 2.35. The van der Waals surface area contributed by atoms with Gasteiger partial charge in [-0.15, -0.1) is 0 Å². The van der Waals surface area contributed by atoms with Crippen molar-refractivity contribution >= 4 is 7.60 Å². The van der Waals surface area contributed by atoms with Crippen LogP contribution in [0.2, 0.25) is 0 Å². The predicted octanol–water partition coefficient (Wildman–Crippen LogP) is 2.95. The third-order valence-electron chi connectivity index (χ3n) is 2.31. The summed E-state index contributed by atoms with van der Waals surface area (Å²) >= 11 is 0. The fourth-order valence-corrected chi connectivity index (χ4v) is 3.13. The van der Waals surface area contributed by atoms with Gasteiger partial charge in [0.15, 0.2) is 5.85 Å². The van der Waals surface area contributed by atoms with E-state index in [0.717, 1.165) is 0 Å². The molecule has 0 amide bonds. The van der Waals surface area contributed by atoms with Crippen LogP contribution in [0.1, 0.15) is 25.3 Å². The first-order valence-electron chi connectivity index (χ1n) is 5.78. The summed E-state index contributed by atoms with van der Waals surface area (Å²) in [6.45, 7) is 3.81. The fourth-order valence-electron chi connectivity index (χ4n) is 1.52. The van der Waals surface area contributed by atoms with Crippen LogP contribution >= 0.6 is 7.60 Å². The van der Waals surface area contributed by atoms with Crippen LogP contribution in [0, 0.1) is 0 Å². The van der Waals surface area contributed by atoms with E-state index in [-0.39, 0.29) is 13.2 Å². The van der Waals surface area contributed by atoms with Gasteiger partial charge in [0.25, 0.3) is 0 Å². The lowest BCUT2D eigenvalue weighted by molar-refractivity contribution is 0.150. The molecule has 0 aliphatic carbocycles. The van der Waals surface area contributed by atoms with Crippen molar-refractivity contribution in [3.8, 4) is 5.75 Å². The zero-order valence-electron chi connectivity index (χ0n) is 10.8. The second-order valence-corrected chi connectivity index (χ2v) is 5.61. The van der Waals surface area contributed by atoms with Gasteiger partial charge in [-0.2, -0.15) is 0 Å². The summed E-state index contributed by atoms with van der Waals surface area (Å²) in [5.74, 6) is -0.737. The number of rotatable bonds is 7. The number of methoxy groups -OCH3 is 1. The topological polar surface area (TPSA) is 65.0 Å². The van der Waals surface area contributed by atoms with Gasteiger partial charge in [0.2, 0.25) is 0 Å². The zero-order valence-corrected chi connectivity index (χ0v) is 11.7. The molecule has 6 heteroatoms. The first-order chi connectivity index (χ1) is 8.57. The molecule has 0 aliphatic heterocycles. The van der Waals surface area contributed by atoms with E-state index in [0.29, 0.717) is 11.3 Å². The van der Waals surface area contributed by atoms with E-state index in [1.807, 2.05) is 0 Å². The Labute approximate surface area is 107 Å². The number of hydrogen-bond donors (Lipinski definition) is 1. The zero-order chi connectivity index (χ0) is 13.6. The Kier molecular flexibility index (Phi) is 5.82. The quantitative estimate of drug-likeness (QED) is 0.774. The Morgan fingerprint density at radius 1 is 1.28 bits per heavy atom. The van der Waals surface area contributed by atoms with Crippen molar-refractivity contribution in [1.82, 2.24) is 0 Å². The molecule has 0 saturated carbocycles. The Balaban J connectivity index is 3.01. The first-order valence-corrected chi connectivity index (χ1v) is 7.39. The van der Waals surface area contributed by atoms with Gasteiger partial charge in [0.1, 0.15) is 5.75 Å². The molecule has 0 heterocycles. The summed E-state index contributed by atoms with van der Waals surface area (Å²) in [7, 11) is -2.04. The molecule has 1 aromatic rings. The average Bonchev–Trinajstić information content (AvgIpc) is 2.38. The molecule has 0 unspecified atom stereocenters. The van der Waals surface area contributed by atoms with Crippen molar-refractivity contribution in [2.75, 3.05) is 20.3 Å². The van der Waals surface area contributed by atoms with Gasteiger partial charge in [-0.1, -0.05) is 12.1 Å². The van der Waals surface area contributed by atoms with E-state index >= 15 is 0 Å². The third-order valence-corrected chi connectivity index (χ3v) is 4.44. The summed E-state index contributed by atoms with van der Waals surface area (Å²) in [5, 5.41) is 10.2. The lowest BCUT2D eigenvalue weighted by atomic mass is 10.2. The lowest BCUT2D eigenvalue weighted by Gasteiger charge is -2.22. The molecule has 1 N–H and O–H groups in total. The fraction of sp³-hybridized carbons (Fsp3) is 0.500. The largest absolute Gasteiger partial charge is 0.497 e. The van der Waals surface area contributed by atoms with Crippen molar-refractivity contribution in [3.63, 3.8) is 0 Å². The Morgan fingerprint density at radius 2 is 1.89 bits per heavy atom. The molecule has 0 fully saturated rings. The average molecular weight is 274 g/mol. The molecule has 0 radical (unpaired) electrons. The number of aliphatic hydroxyl groups is 1. The molecule has 0 aromatic heterocycles. The summed E-state index contributed by atoms with van der Waals surface area (Å²) < 4.78 is 27.6. The third kappa shape index (κ3) is 3.56. The van der Waals surface area contributed by atoms with E-state index in [9.17, 15) is 9.67 Å². The molecule has 0 bridgehead atoms. The normalized spacial score (nSPS) is 13.3. The van der Waals surface area contributed by atoms with Gasteiger partial charge in [-0.3, -0.25) is 4.57 Å². The Morgan fingerprint density at radius 3 is 2.39 bits per heavy atom. The number of benzene rings is 1. The minimum absolute atomic E-state index is 0.207. The van der Waals surface area contributed by atoms with Crippen LogP contribution in [-0.4, -0.2) is 25.4 Å². The van der Waals surface area contributed by atoms with Crippen molar-refractivity contribution in [3.05, 3.63) is 29.8 Å². The van der Waals surface area contributed by atoms with Crippen molar-refractivity contribution in [1.29, 1.82) is 0 Å². The Bertz CT molecular complexity index is 411. The van der Waals surface area contributed by atoms with Crippen molar-refractivity contribution < 1.29 is 23.5 Å². The van der Waals surface area contributed by atoms with E-state index in [1.165, 1.54) is 7.11 Å². The highest BCUT2D eigenvalue weighted by Crippen LogP contribution is 2.59. The van der Waals surface area contributed by atoms with Gasteiger partial charge in [0, 0.05) is 0 Å². The highest BCUT2D eigenvalue weighted by molar-refractivity contribution is 7.54. The summed E-state index contributed by atoms with van der Waals surface area (Å²) in [6, 6.07) is 6.70. The molecule has 1 aromatic carbocycles. The molecular weight excluding hydrogens is 255 g/mol. The first kappa shape index (κ1) is 15.2. The maximum Gasteiger partial charge on any atom is 0.363 e. The van der Waals surface area contributed by atoms with Crippen LogP contribution in [0.25, 0.3) is 0 Å². The van der Waals surface area contributed by atoms with Crippen LogP contribution in [0.3, 0.4) is 0 Å². The molecule has 0 saturated heterocycles. The molecule has 1 atom stereocenters. The molecule has 0 spiro atoms. The van der Waals surface area contributed by atoms with Gasteiger partial charge >= 0.3 is 7.60 Å². The minimum atomic E-state index is -3.56. The van der Waals surface area contributed by atoms with E-state index in [4.69, 9.17) is 13.8 Å². The van der Waals surface area contributed by atoms with Crippen molar-refractivity contribution in [2.24, 2.45) is 0 Å². The highest BCUT2D eigenvalue weighted by atomic mass is 31.2. The van der Waals surface area contributed by atoms with E-state index in [1.54, 1.807) is 38.1 Å². The van der Waals surface area contributed by atoms with Gasteiger partial charge in [-0.25, -0.2) is 0 Å². The van der Waals surface area contributed by atoms with Crippen molar-refractivity contribution in [2.45, 2.75) is 19.7 Å². The standard InChI is InChI=1S/C12H19O5P/c1-4-16-18(14,17-5-2)12(13)10-7-6-8-11(9-10)15-3/h6-9,12-13H,4-5H2,1-3H3/t12-/m1/s1. The molecular formula is C12H19O5P. The SMILES string of the molecule is CCOP(=O)(OCC)[C@@H](O)c1cccc(OC)c1. The van der Waals surface area contributed by atoms with Crippen LogP contribution in [0.5, 0.6) is 5.75 Å². The number of hydrogen-bond acceptors (Lipinski definition) is 5. The van der Waals surface area contributed by atoms with Gasteiger partial charge in [0.05, 0.1) is 20.3 Å². The number of ether oxygens (including phenoxy) is 1. The maximum absolute atomic E-state index is 12.4. The summed E-state index contributed by atoms with van der Waals surface area (Å²) in [5.41, 5.74) is 0.444. The summed E-state index contributed by atoms with van der Waals surface area (Å²) in [6.07, 6.45) is 0. The molecule has 18 heavy (non-hydrogen) atoms. The lowest BCUT2D eigenvalue weighted by Crippen LogP contribution is -2.06. The smallest absolute Gasteiger partial charge is 0.363 e. The monoisotopic (exact) mass is 274 g/mol. The molecule has 1 rings (SSSR count). The second-order valence-electron chi connectivity index (χ2n) is 3.53. The van der Waals surface area contributed by atoms with Crippen LogP contribution in [0.4, 0.5) is 0 Å². The molecule has 5 nitrogen and oxygen atoms in total. The summed E-state index contributed by atoms with van der Waals surface area (Å²) in [4.78, 5) is 0. The minimum Gasteiger partial charge on any atom is -0.497 e. The van der Waals surface area contributed by atoms with Crippen LogP contribution < -0.4 is 4.74 Å². The second kappa shape index (κ2) is 6.90. The van der Waals surface area contributed by atoms with E-state index in [2.05, 4.69) is 0 Å². The van der Waals surface area contributed by atoms with E-state index < -0.39 is 13.4 Å².